The summed E-state index contributed by atoms with van der Waals surface area (Å²) in [7, 11) is -0.939. The van der Waals surface area contributed by atoms with Gasteiger partial charge in [-0.25, -0.2) is 23.4 Å². The first-order chi connectivity index (χ1) is 11.6. The van der Waals surface area contributed by atoms with Gasteiger partial charge in [0.2, 0.25) is 0 Å². The molecular weight excluding hydrogens is 370 g/mol. The number of anilines is 1. The van der Waals surface area contributed by atoms with E-state index in [9.17, 15) is 4.79 Å². The van der Waals surface area contributed by atoms with Gasteiger partial charge in [0.15, 0.2) is 0 Å². The molecule has 1 aliphatic rings. The summed E-state index contributed by atoms with van der Waals surface area (Å²) >= 11 is 1.40. The summed E-state index contributed by atoms with van der Waals surface area (Å²) < 4.78 is 35.5. The van der Waals surface area contributed by atoms with Crippen molar-refractivity contribution in [2.75, 3.05) is 19.0 Å². The van der Waals surface area contributed by atoms with Crippen LogP contribution < -0.4 is 28.1 Å². The van der Waals surface area contributed by atoms with Crippen LogP contribution in [0.5, 0.6) is 0 Å². The van der Waals surface area contributed by atoms with E-state index in [2.05, 4.69) is 4.98 Å². The van der Waals surface area contributed by atoms with Gasteiger partial charge < -0.3 is 4.90 Å². The Labute approximate surface area is 150 Å². The predicted molar refractivity (Wildman–Crippen MR) is 79.7 cm³/mol. The first kappa shape index (κ1) is 19.3. The van der Waals surface area contributed by atoms with E-state index in [1.807, 2.05) is 49.3 Å². The summed E-state index contributed by atoms with van der Waals surface area (Å²) in [6.45, 7) is 0. The maximum Gasteiger partial charge on any atom is 0.372 e. The molecule has 0 unspecified atom stereocenters. The Balaban J connectivity index is 0.000000399. The van der Waals surface area contributed by atoms with E-state index < -0.39 is 10.2 Å². The Bertz CT molecular complexity index is 784. The molecule has 2 heterocycles. The highest BCUT2D eigenvalue weighted by Gasteiger charge is 2.33. The van der Waals surface area contributed by atoms with E-state index in [0.29, 0.717) is 10.1 Å². The minimum atomic E-state index is -4.94. The quantitative estimate of drug-likeness (QED) is 0.315. The number of aromatic nitrogens is 2. The van der Waals surface area contributed by atoms with Gasteiger partial charge in [-0.05, 0) is 28.8 Å². The molecule has 1 aromatic carbocycles. The molecule has 0 atom stereocenters. The van der Waals surface area contributed by atoms with Gasteiger partial charge in [-0.15, -0.1) is 10.2 Å². The van der Waals surface area contributed by atoms with Crippen molar-refractivity contribution in [1.29, 1.82) is 0 Å². The third-order valence-electron chi connectivity index (χ3n) is 3.05. The van der Waals surface area contributed by atoms with Crippen LogP contribution in [-0.4, -0.2) is 25.0 Å². The number of rotatable bonds is 2. The fourth-order valence-electron chi connectivity index (χ4n) is 1.96. The van der Waals surface area contributed by atoms with Gasteiger partial charge in [-0.1, -0.05) is 12.1 Å². The van der Waals surface area contributed by atoms with Crippen molar-refractivity contribution in [1.82, 2.24) is 4.98 Å². The molecule has 0 N–H and O–H groups in total. The maximum atomic E-state index is 12.2. The molecule has 0 aliphatic carbocycles. The molecule has 0 fully saturated rings. The van der Waals surface area contributed by atoms with Gasteiger partial charge in [-0.2, -0.15) is 4.57 Å². The van der Waals surface area contributed by atoms with Crippen molar-refractivity contribution >= 4 is 29.4 Å². The number of hydrogen-bond acceptors (Lipinski definition) is 8. The smallest absolute Gasteiger partial charge is 0.372 e. The first-order valence-corrected chi connectivity index (χ1v) is 8.90. The Hall–Kier alpha value is -2.01. The summed E-state index contributed by atoms with van der Waals surface area (Å²) in [5.41, 5.74) is 2.15. The highest BCUT2D eigenvalue weighted by atomic mass is 35.7. The number of hydrogen-bond donors (Lipinski definition) is 0. The zero-order valence-electron chi connectivity index (χ0n) is 13.3. The van der Waals surface area contributed by atoms with Gasteiger partial charge in [-0.3, -0.25) is 0 Å². The molecule has 0 bridgehead atoms. The second-order valence-corrected chi connectivity index (χ2v) is 6.82. The third kappa shape index (κ3) is 5.78. The summed E-state index contributed by atoms with van der Waals surface area (Å²) in [5.74, 6) is -0.0187. The van der Waals surface area contributed by atoms with E-state index in [1.54, 1.807) is 23.0 Å². The van der Waals surface area contributed by atoms with E-state index in [4.69, 9.17) is 18.6 Å². The highest BCUT2D eigenvalue weighted by molar-refractivity contribution is 8.04. The van der Waals surface area contributed by atoms with Crippen molar-refractivity contribution in [2.45, 2.75) is 5.16 Å². The van der Waals surface area contributed by atoms with Crippen molar-refractivity contribution in [3.05, 3.63) is 53.2 Å². The molecule has 132 valence electrons. The number of benzene rings is 1. The lowest BCUT2D eigenvalue weighted by molar-refractivity contribution is -2.00. The Morgan fingerprint density at radius 1 is 1.16 bits per heavy atom. The fourth-order valence-corrected chi connectivity index (χ4v) is 2.89. The molecule has 0 amide bonds. The average Bonchev–Trinajstić information content (AvgIpc) is 2.83. The molecule has 0 saturated heterocycles. The molecule has 3 rings (SSSR count). The largest absolute Gasteiger partial charge is 0.378 e. The maximum absolute atomic E-state index is 12.2. The van der Waals surface area contributed by atoms with Gasteiger partial charge in [0.1, 0.15) is 17.3 Å². The normalized spacial score (nSPS) is 14.8. The van der Waals surface area contributed by atoms with Crippen molar-refractivity contribution in [3.8, 4) is 0 Å². The Kier molecular flexibility index (Phi) is 6.11. The Morgan fingerprint density at radius 2 is 1.76 bits per heavy atom. The SMILES string of the molecule is CN(C)c1ccc(/C=C2\Sc3nccc[n+]3C2=O)cc1.[O-][Cl+3]([O-])([O-])[O-]. The number of nitrogens with zero attached hydrogens (tertiary/aromatic N) is 3. The zero-order chi connectivity index (χ0) is 18.6. The number of thioether (sulfide) groups is 1. The summed E-state index contributed by atoms with van der Waals surface area (Å²) in [6.07, 6.45) is 5.34. The molecule has 8 nitrogen and oxygen atoms in total. The predicted octanol–water partition coefficient (Wildman–Crippen LogP) is -2.53. The van der Waals surface area contributed by atoms with Crippen LogP contribution in [0, 0.1) is 10.2 Å². The van der Waals surface area contributed by atoms with Crippen LogP contribution in [0.4, 0.5) is 5.69 Å². The average molecular weight is 384 g/mol. The van der Waals surface area contributed by atoms with E-state index in [1.165, 1.54) is 11.8 Å². The number of halogens is 1. The Morgan fingerprint density at radius 3 is 2.28 bits per heavy atom. The van der Waals surface area contributed by atoms with Crippen LogP contribution >= 0.6 is 11.8 Å². The van der Waals surface area contributed by atoms with Gasteiger partial charge in [0, 0.05) is 37.6 Å². The third-order valence-corrected chi connectivity index (χ3v) is 4.05. The van der Waals surface area contributed by atoms with Crippen molar-refractivity contribution < 1.29 is 38.2 Å². The molecule has 0 spiro atoms. The van der Waals surface area contributed by atoms with E-state index in [0.717, 1.165) is 11.3 Å². The second-order valence-electron chi connectivity index (χ2n) is 5.05. The van der Waals surface area contributed by atoms with Crippen LogP contribution in [-0.2, 0) is 0 Å². The molecule has 2 aromatic rings. The number of carbonyl (C=O) groups is 1. The monoisotopic (exact) mass is 383 g/mol. The lowest BCUT2D eigenvalue weighted by atomic mass is 10.2. The first-order valence-electron chi connectivity index (χ1n) is 6.85. The summed E-state index contributed by atoms with van der Waals surface area (Å²) in [4.78, 5) is 19.1. The molecular formula is C15H14ClN3O5S. The molecule has 0 saturated carbocycles. The van der Waals surface area contributed by atoms with Crippen LogP contribution in [0.25, 0.3) is 6.08 Å². The van der Waals surface area contributed by atoms with Crippen LogP contribution in [0.3, 0.4) is 0 Å². The lowest BCUT2D eigenvalue weighted by Crippen LogP contribution is -2.68. The standard InChI is InChI=1S/C15H14N3OS.ClHO4/c1-17(2)12-6-4-11(5-7-12)10-13-14(19)18-9-3-8-16-15(18)20-13;2-1(3,4)5/h3-10H,1-2H3;(H,2,3,4,5)/q+1;/p-1/b13-10-;. The number of allylic oxidation sites excluding steroid dienone is 1. The minimum Gasteiger partial charge on any atom is -0.378 e. The molecule has 25 heavy (non-hydrogen) atoms. The highest BCUT2D eigenvalue weighted by Crippen LogP contribution is 2.29. The fraction of sp³-hybridized carbons (Fsp3) is 0.133. The topological polar surface area (TPSA) is 129 Å². The molecule has 1 aromatic heterocycles. The molecule has 10 heteroatoms. The van der Waals surface area contributed by atoms with Crippen molar-refractivity contribution in [3.63, 3.8) is 0 Å². The van der Waals surface area contributed by atoms with Crippen LogP contribution in [0.2, 0.25) is 0 Å². The van der Waals surface area contributed by atoms with E-state index in [-0.39, 0.29) is 5.91 Å². The van der Waals surface area contributed by atoms with Crippen LogP contribution in [0.15, 0.2) is 52.8 Å². The minimum absolute atomic E-state index is 0.0187. The van der Waals surface area contributed by atoms with Gasteiger partial charge in [0.05, 0.1) is 0 Å². The summed E-state index contributed by atoms with van der Waals surface area (Å²) in [5, 5.41) is 0.716. The van der Waals surface area contributed by atoms with Gasteiger partial charge in [0.25, 0.3) is 0 Å². The molecule has 0 radical (unpaired) electrons. The zero-order valence-corrected chi connectivity index (χ0v) is 14.9. The number of fused-ring (bicyclic) bond motifs is 1. The summed E-state index contributed by atoms with van der Waals surface area (Å²) in [6, 6.07) is 9.86. The van der Waals surface area contributed by atoms with Crippen molar-refractivity contribution in [2.24, 2.45) is 0 Å². The molecule has 1 aliphatic heterocycles. The number of carbonyl (C=O) groups excluding carboxylic acids is 1. The van der Waals surface area contributed by atoms with E-state index >= 15 is 0 Å². The second kappa shape index (κ2) is 7.91. The van der Waals surface area contributed by atoms with Gasteiger partial charge >= 0.3 is 11.1 Å². The van der Waals surface area contributed by atoms with Crippen LogP contribution in [0.1, 0.15) is 10.4 Å². The lowest BCUT2D eigenvalue weighted by Gasteiger charge is -2.17.